The van der Waals surface area contributed by atoms with Crippen molar-refractivity contribution in [2.75, 3.05) is 0 Å². The number of nitrogens with one attached hydrogen (secondary N) is 1. The van der Waals surface area contributed by atoms with Crippen molar-refractivity contribution in [3.63, 3.8) is 0 Å². The fourth-order valence-corrected chi connectivity index (χ4v) is 5.99. The predicted octanol–water partition coefficient (Wildman–Crippen LogP) is 4.59. The van der Waals surface area contributed by atoms with E-state index in [-0.39, 0.29) is 0 Å². The maximum Gasteiger partial charge on any atom is 0.0636 e. The largest absolute Gasteiger partial charge is 0.294 e. The van der Waals surface area contributed by atoms with Crippen molar-refractivity contribution in [1.82, 2.24) is 10.2 Å². The SMILES string of the molecule is BrC1CCC(C2NC3C=CCCC3N2C2CCCCC2)CC1. The fourth-order valence-electron chi connectivity index (χ4n) is 5.46. The lowest BCUT2D eigenvalue weighted by atomic mass is 9.84. The van der Waals surface area contributed by atoms with Crippen LogP contribution in [0.3, 0.4) is 0 Å². The Morgan fingerprint density at radius 1 is 0.909 bits per heavy atom. The van der Waals surface area contributed by atoms with Gasteiger partial charge in [0.1, 0.15) is 0 Å². The number of fused-ring (bicyclic) bond motifs is 1. The first-order chi connectivity index (χ1) is 10.8. The third-order valence-electron chi connectivity index (χ3n) is 6.60. The van der Waals surface area contributed by atoms with Gasteiger partial charge in [0, 0.05) is 23.0 Å². The minimum atomic E-state index is 0.627. The van der Waals surface area contributed by atoms with Crippen molar-refractivity contribution in [3.8, 4) is 0 Å². The number of allylic oxidation sites excluding steroid dienone is 1. The zero-order chi connectivity index (χ0) is 14.9. The maximum absolute atomic E-state index is 4.05. The normalized spacial score (nSPS) is 44.1. The van der Waals surface area contributed by atoms with Crippen molar-refractivity contribution in [2.45, 2.75) is 99.7 Å². The van der Waals surface area contributed by atoms with Crippen LogP contribution in [-0.4, -0.2) is 34.0 Å². The molecule has 1 saturated heterocycles. The number of alkyl halides is 1. The molecular weight excluding hydrogens is 336 g/mol. The van der Waals surface area contributed by atoms with E-state index in [0.29, 0.717) is 12.2 Å². The lowest BCUT2D eigenvalue weighted by Gasteiger charge is -2.43. The second-order valence-corrected chi connectivity index (χ2v) is 9.26. The molecule has 124 valence electrons. The quantitative estimate of drug-likeness (QED) is 0.567. The van der Waals surface area contributed by atoms with Crippen LogP contribution in [0.1, 0.15) is 70.6 Å². The zero-order valence-electron chi connectivity index (χ0n) is 13.7. The standard InChI is InChI=1S/C19H31BrN2/c20-15-12-10-14(11-13-15)19-21-17-8-4-5-9-18(17)22(19)16-6-2-1-3-7-16/h4,8,14-19,21H,1-3,5-7,9-13H2. The first kappa shape index (κ1) is 15.7. The van der Waals surface area contributed by atoms with Gasteiger partial charge in [-0.25, -0.2) is 0 Å². The molecule has 3 heteroatoms. The minimum absolute atomic E-state index is 0.627. The van der Waals surface area contributed by atoms with Crippen molar-refractivity contribution in [3.05, 3.63) is 12.2 Å². The number of halogens is 1. The van der Waals surface area contributed by atoms with Gasteiger partial charge < -0.3 is 0 Å². The second-order valence-electron chi connectivity index (χ2n) is 7.96. The van der Waals surface area contributed by atoms with Crippen LogP contribution in [0, 0.1) is 5.92 Å². The van der Waals surface area contributed by atoms with Crippen molar-refractivity contribution in [2.24, 2.45) is 5.92 Å². The van der Waals surface area contributed by atoms with Crippen molar-refractivity contribution < 1.29 is 0 Å². The highest BCUT2D eigenvalue weighted by molar-refractivity contribution is 9.09. The molecule has 3 atom stereocenters. The molecule has 2 saturated carbocycles. The van der Waals surface area contributed by atoms with Gasteiger partial charge in [-0.2, -0.15) is 0 Å². The summed E-state index contributed by atoms with van der Waals surface area (Å²) in [6, 6.07) is 2.26. The molecule has 3 aliphatic carbocycles. The summed E-state index contributed by atoms with van der Waals surface area (Å²) in [6.07, 6.45) is 21.0. The van der Waals surface area contributed by atoms with E-state index in [2.05, 4.69) is 38.3 Å². The van der Waals surface area contributed by atoms with E-state index in [1.165, 1.54) is 70.6 Å². The van der Waals surface area contributed by atoms with E-state index in [1.807, 2.05) is 0 Å². The van der Waals surface area contributed by atoms with Crippen molar-refractivity contribution in [1.29, 1.82) is 0 Å². The molecule has 4 aliphatic rings. The molecule has 0 aromatic rings. The van der Waals surface area contributed by atoms with Gasteiger partial charge in [0.15, 0.2) is 0 Å². The number of nitrogens with zero attached hydrogens (tertiary/aromatic N) is 1. The minimum Gasteiger partial charge on any atom is -0.294 e. The van der Waals surface area contributed by atoms with Gasteiger partial charge in [0.2, 0.25) is 0 Å². The Morgan fingerprint density at radius 3 is 2.45 bits per heavy atom. The predicted molar refractivity (Wildman–Crippen MR) is 96.3 cm³/mol. The van der Waals surface area contributed by atoms with Gasteiger partial charge in [0.05, 0.1) is 6.17 Å². The highest BCUT2D eigenvalue weighted by atomic mass is 79.9. The number of hydrogen-bond acceptors (Lipinski definition) is 2. The molecular formula is C19H31BrN2. The maximum atomic E-state index is 4.05. The van der Waals surface area contributed by atoms with Gasteiger partial charge in [-0.15, -0.1) is 0 Å². The first-order valence-electron chi connectivity index (χ1n) is 9.67. The van der Waals surface area contributed by atoms with Crippen LogP contribution < -0.4 is 5.32 Å². The lowest BCUT2D eigenvalue weighted by molar-refractivity contribution is 0.0498. The first-order valence-corrected chi connectivity index (χ1v) is 10.6. The van der Waals surface area contributed by atoms with Gasteiger partial charge in [-0.3, -0.25) is 10.2 Å². The average Bonchev–Trinajstić information content (AvgIpc) is 2.96. The topological polar surface area (TPSA) is 15.3 Å². The third kappa shape index (κ3) is 3.06. The molecule has 1 heterocycles. The van der Waals surface area contributed by atoms with Gasteiger partial charge in [-0.1, -0.05) is 47.3 Å². The van der Waals surface area contributed by atoms with Gasteiger partial charge in [0.25, 0.3) is 0 Å². The van der Waals surface area contributed by atoms with E-state index in [9.17, 15) is 0 Å². The molecule has 0 radical (unpaired) electrons. The Hall–Kier alpha value is 0.140. The summed E-state index contributed by atoms with van der Waals surface area (Å²) in [5.41, 5.74) is 0. The van der Waals surface area contributed by atoms with Crippen LogP contribution in [0.4, 0.5) is 0 Å². The summed E-state index contributed by atoms with van der Waals surface area (Å²) in [5.74, 6) is 0.870. The average molecular weight is 367 g/mol. The molecule has 3 unspecified atom stereocenters. The van der Waals surface area contributed by atoms with Crippen LogP contribution in [0.25, 0.3) is 0 Å². The van der Waals surface area contributed by atoms with Gasteiger partial charge in [-0.05, 0) is 57.3 Å². The second kappa shape index (κ2) is 6.94. The summed E-state index contributed by atoms with van der Waals surface area (Å²) in [6.45, 7) is 0. The highest BCUT2D eigenvalue weighted by Crippen LogP contribution is 2.40. The monoisotopic (exact) mass is 366 g/mol. The molecule has 0 amide bonds. The molecule has 1 aliphatic heterocycles. The van der Waals surface area contributed by atoms with E-state index in [1.54, 1.807) is 0 Å². The van der Waals surface area contributed by atoms with Crippen LogP contribution in [0.15, 0.2) is 12.2 Å². The van der Waals surface area contributed by atoms with E-state index in [4.69, 9.17) is 0 Å². The lowest BCUT2D eigenvalue weighted by Crippen LogP contribution is -2.51. The Bertz CT molecular complexity index is 396. The van der Waals surface area contributed by atoms with Crippen molar-refractivity contribution >= 4 is 15.9 Å². The molecule has 3 fully saturated rings. The molecule has 0 aromatic carbocycles. The van der Waals surface area contributed by atoms with E-state index >= 15 is 0 Å². The Labute approximate surface area is 144 Å². The Morgan fingerprint density at radius 2 is 1.68 bits per heavy atom. The van der Waals surface area contributed by atoms with Crippen LogP contribution in [0.2, 0.25) is 0 Å². The van der Waals surface area contributed by atoms with Crippen LogP contribution in [0.5, 0.6) is 0 Å². The Kier molecular flexibility index (Phi) is 4.94. The zero-order valence-corrected chi connectivity index (χ0v) is 15.3. The summed E-state index contributed by atoms with van der Waals surface area (Å²) in [7, 11) is 0. The molecule has 0 bridgehead atoms. The number of rotatable bonds is 2. The van der Waals surface area contributed by atoms with Crippen LogP contribution in [-0.2, 0) is 0 Å². The summed E-state index contributed by atoms with van der Waals surface area (Å²) in [4.78, 5) is 3.75. The number of hydrogen-bond donors (Lipinski definition) is 1. The Balaban J connectivity index is 1.53. The van der Waals surface area contributed by atoms with Crippen LogP contribution >= 0.6 is 15.9 Å². The smallest absolute Gasteiger partial charge is 0.0636 e. The highest BCUT2D eigenvalue weighted by Gasteiger charge is 2.46. The van der Waals surface area contributed by atoms with Gasteiger partial charge >= 0.3 is 0 Å². The third-order valence-corrected chi connectivity index (χ3v) is 7.51. The molecule has 0 spiro atoms. The molecule has 0 aromatic heterocycles. The molecule has 22 heavy (non-hydrogen) atoms. The molecule has 4 rings (SSSR count). The summed E-state index contributed by atoms with van der Waals surface area (Å²) in [5, 5.41) is 4.05. The van der Waals surface area contributed by atoms with E-state index < -0.39 is 0 Å². The van der Waals surface area contributed by atoms with E-state index in [0.717, 1.165) is 22.8 Å². The molecule has 2 nitrogen and oxygen atoms in total. The fraction of sp³-hybridized carbons (Fsp3) is 0.895. The molecule has 1 N–H and O–H groups in total. The summed E-state index contributed by atoms with van der Waals surface area (Å²) < 4.78 is 0. The summed E-state index contributed by atoms with van der Waals surface area (Å²) >= 11 is 3.83.